The minimum absolute atomic E-state index is 0.100. The lowest BCUT2D eigenvalue weighted by atomic mass is 10.2. The molecule has 0 atom stereocenters. The second-order valence-electron chi connectivity index (χ2n) is 4.33. The standard InChI is InChI=1S/C13H10ClFN2S2/c1-7-2-3-19-12(7)6-17-11-5-9(15)8(14)4-10(11)16-13(17)18/h2-5H,6H2,1H3,(H,16,18). The molecular weight excluding hydrogens is 303 g/mol. The van der Waals surface area contributed by atoms with Crippen molar-refractivity contribution in [3.8, 4) is 0 Å². The zero-order valence-electron chi connectivity index (χ0n) is 10.0. The van der Waals surface area contributed by atoms with Crippen molar-refractivity contribution in [2.24, 2.45) is 0 Å². The van der Waals surface area contributed by atoms with Gasteiger partial charge < -0.3 is 9.55 Å². The highest BCUT2D eigenvalue weighted by Crippen LogP contribution is 2.25. The number of hydrogen-bond acceptors (Lipinski definition) is 2. The van der Waals surface area contributed by atoms with Crippen LogP contribution in [-0.2, 0) is 6.54 Å². The molecule has 0 aliphatic carbocycles. The van der Waals surface area contributed by atoms with Gasteiger partial charge in [-0.05, 0) is 42.2 Å². The van der Waals surface area contributed by atoms with E-state index >= 15 is 0 Å². The lowest BCUT2D eigenvalue weighted by Crippen LogP contribution is -1.99. The first-order valence-electron chi connectivity index (χ1n) is 5.67. The predicted molar refractivity (Wildman–Crippen MR) is 80.2 cm³/mol. The van der Waals surface area contributed by atoms with E-state index in [2.05, 4.69) is 18.0 Å². The Bertz CT molecular complexity index is 816. The molecule has 19 heavy (non-hydrogen) atoms. The third-order valence-corrected chi connectivity index (χ3v) is 4.71. The van der Waals surface area contributed by atoms with Crippen molar-refractivity contribution >= 4 is 46.2 Å². The molecule has 0 saturated heterocycles. The van der Waals surface area contributed by atoms with Gasteiger partial charge in [0.25, 0.3) is 0 Å². The summed E-state index contributed by atoms with van der Waals surface area (Å²) < 4.78 is 16.1. The van der Waals surface area contributed by atoms with Crippen LogP contribution in [0.15, 0.2) is 23.6 Å². The van der Waals surface area contributed by atoms with Gasteiger partial charge in [-0.25, -0.2) is 4.39 Å². The van der Waals surface area contributed by atoms with E-state index in [0.29, 0.717) is 11.3 Å². The molecule has 2 nitrogen and oxygen atoms in total. The summed E-state index contributed by atoms with van der Waals surface area (Å²) in [5.41, 5.74) is 2.71. The molecule has 0 amide bonds. The largest absolute Gasteiger partial charge is 0.331 e. The Morgan fingerprint density at radius 1 is 1.47 bits per heavy atom. The highest BCUT2D eigenvalue weighted by molar-refractivity contribution is 7.71. The highest BCUT2D eigenvalue weighted by atomic mass is 35.5. The number of aromatic amines is 1. The fourth-order valence-corrected chi connectivity index (χ4v) is 3.35. The Labute approximate surface area is 123 Å². The third kappa shape index (κ3) is 2.22. The molecule has 0 spiro atoms. The number of hydrogen-bond donors (Lipinski definition) is 1. The van der Waals surface area contributed by atoms with Crippen molar-refractivity contribution in [2.75, 3.05) is 0 Å². The Morgan fingerprint density at radius 3 is 2.95 bits per heavy atom. The third-order valence-electron chi connectivity index (χ3n) is 3.09. The Morgan fingerprint density at radius 2 is 2.26 bits per heavy atom. The van der Waals surface area contributed by atoms with Crippen molar-refractivity contribution in [1.82, 2.24) is 9.55 Å². The fraction of sp³-hybridized carbons (Fsp3) is 0.154. The average molecular weight is 313 g/mol. The minimum Gasteiger partial charge on any atom is -0.331 e. The Balaban J connectivity index is 2.18. The van der Waals surface area contributed by atoms with Gasteiger partial charge in [0.1, 0.15) is 5.82 Å². The van der Waals surface area contributed by atoms with E-state index in [4.69, 9.17) is 23.8 Å². The summed E-state index contributed by atoms with van der Waals surface area (Å²) in [6, 6.07) is 5.06. The molecular formula is C13H10ClFN2S2. The number of nitrogens with one attached hydrogen (secondary N) is 1. The normalized spacial score (nSPS) is 11.3. The number of aryl methyl sites for hydroxylation is 1. The number of H-pyrrole nitrogens is 1. The maximum atomic E-state index is 13.6. The number of aromatic nitrogens is 2. The summed E-state index contributed by atoms with van der Waals surface area (Å²) in [5.74, 6) is -0.431. The zero-order chi connectivity index (χ0) is 13.6. The van der Waals surface area contributed by atoms with Crippen LogP contribution in [0.25, 0.3) is 11.0 Å². The van der Waals surface area contributed by atoms with Crippen LogP contribution in [0, 0.1) is 17.5 Å². The topological polar surface area (TPSA) is 20.7 Å². The first-order chi connectivity index (χ1) is 9.06. The maximum Gasteiger partial charge on any atom is 0.178 e. The summed E-state index contributed by atoms with van der Waals surface area (Å²) in [5, 5.41) is 2.14. The second-order valence-corrected chi connectivity index (χ2v) is 6.12. The quantitative estimate of drug-likeness (QED) is 0.667. The molecule has 2 heterocycles. The number of imidazole rings is 1. The fourth-order valence-electron chi connectivity index (χ4n) is 2.02. The zero-order valence-corrected chi connectivity index (χ0v) is 12.4. The Kier molecular flexibility index (Phi) is 3.20. The van der Waals surface area contributed by atoms with E-state index in [0.717, 1.165) is 11.0 Å². The van der Waals surface area contributed by atoms with Crippen LogP contribution in [0.1, 0.15) is 10.4 Å². The number of thiophene rings is 1. The Hall–Kier alpha value is -1.17. The summed E-state index contributed by atoms with van der Waals surface area (Å²) >= 11 is 12.8. The molecule has 0 fully saturated rings. The summed E-state index contributed by atoms with van der Waals surface area (Å²) in [6.07, 6.45) is 0. The van der Waals surface area contributed by atoms with Gasteiger partial charge in [0.15, 0.2) is 4.77 Å². The number of benzene rings is 1. The molecule has 3 aromatic rings. The molecule has 0 aliphatic heterocycles. The highest BCUT2D eigenvalue weighted by Gasteiger charge is 2.10. The van der Waals surface area contributed by atoms with Crippen LogP contribution < -0.4 is 0 Å². The van der Waals surface area contributed by atoms with Gasteiger partial charge in [-0.1, -0.05) is 11.6 Å². The summed E-state index contributed by atoms with van der Waals surface area (Å²) in [7, 11) is 0. The minimum atomic E-state index is -0.431. The molecule has 0 aliphatic rings. The summed E-state index contributed by atoms with van der Waals surface area (Å²) in [4.78, 5) is 4.27. The molecule has 0 radical (unpaired) electrons. The molecule has 0 unspecified atom stereocenters. The van der Waals surface area contributed by atoms with E-state index in [9.17, 15) is 4.39 Å². The van der Waals surface area contributed by atoms with Gasteiger partial charge in [0.05, 0.1) is 22.6 Å². The van der Waals surface area contributed by atoms with E-state index in [-0.39, 0.29) is 5.02 Å². The number of rotatable bonds is 2. The van der Waals surface area contributed by atoms with Crippen molar-refractivity contribution < 1.29 is 4.39 Å². The van der Waals surface area contributed by atoms with Crippen molar-refractivity contribution in [3.63, 3.8) is 0 Å². The molecule has 1 aromatic carbocycles. The van der Waals surface area contributed by atoms with Gasteiger partial charge in [-0.15, -0.1) is 11.3 Å². The lowest BCUT2D eigenvalue weighted by Gasteiger charge is -2.04. The summed E-state index contributed by atoms with van der Waals surface area (Å²) in [6.45, 7) is 2.70. The molecule has 3 rings (SSSR count). The van der Waals surface area contributed by atoms with Gasteiger partial charge in [0, 0.05) is 10.9 Å². The van der Waals surface area contributed by atoms with Crippen LogP contribution in [0.4, 0.5) is 4.39 Å². The SMILES string of the molecule is Cc1ccsc1Cn1c(=S)[nH]c2cc(Cl)c(F)cc21. The van der Waals surface area contributed by atoms with Crippen LogP contribution in [0.3, 0.4) is 0 Å². The van der Waals surface area contributed by atoms with E-state index in [1.807, 2.05) is 9.95 Å². The molecule has 1 N–H and O–H groups in total. The van der Waals surface area contributed by atoms with Crippen molar-refractivity contribution in [1.29, 1.82) is 0 Å². The van der Waals surface area contributed by atoms with Crippen molar-refractivity contribution in [2.45, 2.75) is 13.5 Å². The van der Waals surface area contributed by atoms with Gasteiger partial charge >= 0.3 is 0 Å². The first kappa shape index (κ1) is 12.8. The van der Waals surface area contributed by atoms with E-state index in [1.165, 1.54) is 16.5 Å². The molecule has 6 heteroatoms. The van der Waals surface area contributed by atoms with E-state index < -0.39 is 5.82 Å². The lowest BCUT2D eigenvalue weighted by molar-refractivity contribution is 0.629. The maximum absolute atomic E-state index is 13.6. The van der Waals surface area contributed by atoms with Gasteiger partial charge in [-0.2, -0.15) is 0 Å². The predicted octanol–water partition coefficient (Wildman–Crippen LogP) is 4.91. The van der Waals surface area contributed by atoms with Crippen LogP contribution in [-0.4, -0.2) is 9.55 Å². The molecule has 0 saturated carbocycles. The van der Waals surface area contributed by atoms with Crippen molar-refractivity contribution in [3.05, 3.63) is 49.6 Å². The van der Waals surface area contributed by atoms with Gasteiger partial charge in [-0.3, -0.25) is 0 Å². The van der Waals surface area contributed by atoms with Crippen LogP contribution in [0.5, 0.6) is 0 Å². The number of nitrogens with zero attached hydrogens (tertiary/aromatic N) is 1. The molecule has 0 bridgehead atoms. The number of fused-ring (bicyclic) bond motifs is 1. The monoisotopic (exact) mass is 312 g/mol. The second kappa shape index (κ2) is 4.74. The average Bonchev–Trinajstić information content (AvgIpc) is 2.88. The van der Waals surface area contributed by atoms with E-state index in [1.54, 1.807) is 17.4 Å². The first-order valence-corrected chi connectivity index (χ1v) is 7.33. The smallest absolute Gasteiger partial charge is 0.178 e. The molecule has 98 valence electrons. The van der Waals surface area contributed by atoms with Crippen LogP contribution >= 0.6 is 35.2 Å². The number of halogens is 2. The van der Waals surface area contributed by atoms with Crippen LogP contribution in [0.2, 0.25) is 5.02 Å². The van der Waals surface area contributed by atoms with Gasteiger partial charge in [0.2, 0.25) is 0 Å². The molecule has 2 aromatic heterocycles.